The van der Waals surface area contributed by atoms with Crippen LogP contribution >= 0.6 is 0 Å². The van der Waals surface area contributed by atoms with Crippen LogP contribution in [0.1, 0.15) is 15.9 Å². The Morgan fingerprint density at radius 2 is 1.62 bits per heavy atom. The second-order valence-corrected chi connectivity index (χ2v) is 5.30. The molecule has 0 unspecified atom stereocenters. The number of para-hydroxylation sites is 1. The van der Waals surface area contributed by atoms with Gasteiger partial charge in [-0.05, 0) is 31.2 Å². The number of hydrogen-bond donors (Lipinski definition) is 3. The number of benzene rings is 2. The summed E-state index contributed by atoms with van der Waals surface area (Å²) in [6.07, 6.45) is 1.41. The lowest BCUT2D eigenvalue weighted by Gasteiger charge is -2.11. The monoisotopic (exact) mass is 319 g/mol. The summed E-state index contributed by atoms with van der Waals surface area (Å²) in [6, 6.07) is 17.3. The number of aryl methyl sites for hydroxylation is 1. The van der Waals surface area contributed by atoms with E-state index in [1.807, 2.05) is 61.5 Å². The van der Waals surface area contributed by atoms with E-state index in [4.69, 9.17) is 5.73 Å². The molecule has 0 aliphatic carbocycles. The Morgan fingerprint density at radius 1 is 0.958 bits per heavy atom. The van der Waals surface area contributed by atoms with Gasteiger partial charge in [0, 0.05) is 17.6 Å². The minimum atomic E-state index is -0.588. The number of carbonyl (C=O) groups excluding carboxylic acids is 1. The van der Waals surface area contributed by atoms with E-state index in [2.05, 4.69) is 20.6 Å². The minimum Gasteiger partial charge on any atom is -0.365 e. The maximum Gasteiger partial charge on any atom is 0.254 e. The van der Waals surface area contributed by atoms with Gasteiger partial charge in [0.25, 0.3) is 5.91 Å². The molecule has 4 N–H and O–H groups in total. The molecular weight excluding hydrogens is 302 g/mol. The summed E-state index contributed by atoms with van der Waals surface area (Å²) in [7, 11) is 0. The highest BCUT2D eigenvalue weighted by molar-refractivity contribution is 5.98. The van der Waals surface area contributed by atoms with Crippen molar-refractivity contribution < 1.29 is 4.79 Å². The van der Waals surface area contributed by atoms with Crippen molar-refractivity contribution >= 4 is 29.0 Å². The molecule has 0 radical (unpaired) electrons. The van der Waals surface area contributed by atoms with E-state index in [9.17, 15) is 4.79 Å². The lowest BCUT2D eigenvalue weighted by atomic mass is 10.2. The number of nitrogens with zero attached hydrogens (tertiary/aromatic N) is 2. The Hall–Kier alpha value is -3.41. The van der Waals surface area contributed by atoms with E-state index < -0.39 is 5.91 Å². The zero-order valence-corrected chi connectivity index (χ0v) is 13.2. The molecule has 6 heteroatoms. The quantitative estimate of drug-likeness (QED) is 0.670. The number of aromatic nitrogens is 2. The number of primary amides is 1. The third-order valence-corrected chi connectivity index (χ3v) is 3.40. The Balaban J connectivity index is 1.90. The van der Waals surface area contributed by atoms with Crippen LogP contribution in [0.15, 0.2) is 60.8 Å². The lowest BCUT2D eigenvalue weighted by molar-refractivity contribution is 0.100. The fourth-order valence-electron chi connectivity index (χ4n) is 2.14. The van der Waals surface area contributed by atoms with E-state index in [1.54, 1.807) is 0 Å². The SMILES string of the molecule is Cc1ccc(Nc2ncc(C(N)=O)c(Nc3ccccc3)n2)cc1. The van der Waals surface area contributed by atoms with E-state index in [0.717, 1.165) is 16.9 Å². The third kappa shape index (κ3) is 3.67. The van der Waals surface area contributed by atoms with Crippen LogP contribution < -0.4 is 16.4 Å². The Labute approximate surface area is 139 Å². The lowest BCUT2D eigenvalue weighted by Crippen LogP contribution is -2.15. The minimum absolute atomic E-state index is 0.230. The molecule has 1 amide bonds. The second-order valence-electron chi connectivity index (χ2n) is 5.30. The molecule has 120 valence electrons. The van der Waals surface area contributed by atoms with Gasteiger partial charge in [0.2, 0.25) is 5.95 Å². The van der Waals surface area contributed by atoms with Crippen molar-refractivity contribution in [2.45, 2.75) is 6.92 Å². The molecule has 0 spiro atoms. The fourth-order valence-corrected chi connectivity index (χ4v) is 2.14. The first-order chi connectivity index (χ1) is 11.6. The molecule has 0 fully saturated rings. The van der Waals surface area contributed by atoms with E-state index in [1.165, 1.54) is 6.20 Å². The molecule has 1 aromatic heterocycles. The molecule has 0 atom stereocenters. The molecular formula is C18H17N5O. The average Bonchev–Trinajstić information content (AvgIpc) is 2.58. The van der Waals surface area contributed by atoms with Gasteiger partial charge in [-0.15, -0.1) is 0 Å². The summed E-state index contributed by atoms with van der Waals surface area (Å²) in [5.74, 6) is 0.149. The number of nitrogens with one attached hydrogen (secondary N) is 2. The van der Waals surface area contributed by atoms with Crippen LogP contribution in [0.3, 0.4) is 0 Å². The van der Waals surface area contributed by atoms with Gasteiger partial charge >= 0.3 is 0 Å². The Bertz CT molecular complexity index is 847. The number of amides is 1. The van der Waals surface area contributed by atoms with Gasteiger partial charge in [-0.2, -0.15) is 4.98 Å². The maximum absolute atomic E-state index is 11.6. The van der Waals surface area contributed by atoms with Crippen LogP contribution in [0.25, 0.3) is 0 Å². The molecule has 6 nitrogen and oxygen atoms in total. The van der Waals surface area contributed by atoms with Gasteiger partial charge in [-0.25, -0.2) is 4.98 Å². The summed E-state index contributed by atoms with van der Waals surface area (Å²) >= 11 is 0. The van der Waals surface area contributed by atoms with Crippen molar-refractivity contribution in [1.29, 1.82) is 0 Å². The molecule has 3 aromatic rings. The molecule has 24 heavy (non-hydrogen) atoms. The predicted molar refractivity (Wildman–Crippen MR) is 94.7 cm³/mol. The van der Waals surface area contributed by atoms with Gasteiger partial charge in [-0.3, -0.25) is 4.79 Å². The molecule has 0 bridgehead atoms. The predicted octanol–water partition coefficient (Wildman–Crippen LogP) is 3.37. The first-order valence-electron chi connectivity index (χ1n) is 7.44. The van der Waals surface area contributed by atoms with E-state index >= 15 is 0 Å². The Morgan fingerprint density at radius 3 is 2.29 bits per heavy atom. The number of hydrogen-bond acceptors (Lipinski definition) is 5. The fraction of sp³-hybridized carbons (Fsp3) is 0.0556. The summed E-state index contributed by atoms with van der Waals surface area (Å²) in [5.41, 5.74) is 8.47. The van der Waals surface area contributed by atoms with Crippen LogP contribution in [0.2, 0.25) is 0 Å². The number of rotatable bonds is 5. The second kappa shape index (κ2) is 6.78. The van der Waals surface area contributed by atoms with E-state index in [-0.39, 0.29) is 5.56 Å². The van der Waals surface area contributed by atoms with E-state index in [0.29, 0.717) is 11.8 Å². The zero-order chi connectivity index (χ0) is 16.9. The van der Waals surface area contributed by atoms with Crippen molar-refractivity contribution in [3.05, 3.63) is 71.9 Å². The molecule has 0 saturated carbocycles. The summed E-state index contributed by atoms with van der Waals surface area (Å²) in [5, 5.41) is 6.21. The zero-order valence-electron chi connectivity index (χ0n) is 13.2. The molecule has 0 aliphatic heterocycles. The smallest absolute Gasteiger partial charge is 0.254 e. The van der Waals surface area contributed by atoms with Gasteiger partial charge in [0.05, 0.1) is 0 Å². The molecule has 0 saturated heterocycles. The van der Waals surface area contributed by atoms with Gasteiger partial charge in [0.1, 0.15) is 11.4 Å². The van der Waals surface area contributed by atoms with Crippen LogP contribution in [0.4, 0.5) is 23.1 Å². The van der Waals surface area contributed by atoms with Crippen molar-refractivity contribution in [3.63, 3.8) is 0 Å². The highest BCUT2D eigenvalue weighted by Crippen LogP contribution is 2.21. The van der Waals surface area contributed by atoms with Crippen molar-refractivity contribution in [3.8, 4) is 0 Å². The van der Waals surface area contributed by atoms with Gasteiger partial charge in [0.15, 0.2) is 0 Å². The number of carbonyl (C=O) groups is 1. The van der Waals surface area contributed by atoms with Crippen LogP contribution in [-0.4, -0.2) is 15.9 Å². The molecule has 2 aromatic carbocycles. The summed E-state index contributed by atoms with van der Waals surface area (Å²) < 4.78 is 0. The highest BCUT2D eigenvalue weighted by atomic mass is 16.1. The normalized spacial score (nSPS) is 10.2. The largest absolute Gasteiger partial charge is 0.365 e. The van der Waals surface area contributed by atoms with Crippen LogP contribution in [-0.2, 0) is 0 Å². The number of nitrogens with two attached hydrogens (primary N) is 1. The van der Waals surface area contributed by atoms with Crippen molar-refractivity contribution in [2.24, 2.45) is 5.73 Å². The third-order valence-electron chi connectivity index (χ3n) is 3.40. The van der Waals surface area contributed by atoms with Crippen molar-refractivity contribution in [2.75, 3.05) is 10.6 Å². The Kier molecular flexibility index (Phi) is 4.38. The molecule has 1 heterocycles. The first-order valence-corrected chi connectivity index (χ1v) is 7.44. The van der Waals surface area contributed by atoms with Gasteiger partial charge < -0.3 is 16.4 Å². The maximum atomic E-state index is 11.6. The molecule has 0 aliphatic rings. The van der Waals surface area contributed by atoms with Crippen LogP contribution in [0.5, 0.6) is 0 Å². The number of anilines is 4. The first kappa shape index (κ1) is 15.5. The standard InChI is InChI=1S/C18H17N5O/c1-12-7-9-14(10-8-12)22-18-20-11-15(16(19)24)17(23-18)21-13-5-3-2-4-6-13/h2-11H,1H3,(H2,19,24)(H2,20,21,22,23). The average molecular weight is 319 g/mol. The van der Waals surface area contributed by atoms with Crippen molar-refractivity contribution in [1.82, 2.24) is 9.97 Å². The van der Waals surface area contributed by atoms with Crippen LogP contribution in [0, 0.1) is 6.92 Å². The van der Waals surface area contributed by atoms with Gasteiger partial charge in [-0.1, -0.05) is 35.9 Å². The highest BCUT2D eigenvalue weighted by Gasteiger charge is 2.12. The molecule has 3 rings (SSSR count). The topological polar surface area (TPSA) is 92.9 Å². The summed E-state index contributed by atoms with van der Waals surface area (Å²) in [6.45, 7) is 2.02. The summed E-state index contributed by atoms with van der Waals surface area (Å²) in [4.78, 5) is 20.1.